The molecule has 0 bridgehead atoms. The minimum Gasteiger partial charge on any atom is -0.316 e. The van der Waals surface area contributed by atoms with Gasteiger partial charge < -0.3 is 5.32 Å². The molecule has 0 saturated carbocycles. The van der Waals surface area contributed by atoms with E-state index in [-0.39, 0.29) is 0 Å². The third-order valence-electron chi connectivity index (χ3n) is 2.73. The highest BCUT2D eigenvalue weighted by Crippen LogP contribution is 2.13. The maximum Gasteiger partial charge on any atom is 0.0202 e. The zero-order valence-corrected chi connectivity index (χ0v) is 11.3. The van der Waals surface area contributed by atoms with Gasteiger partial charge in [-0.05, 0) is 44.5 Å². The van der Waals surface area contributed by atoms with Crippen LogP contribution in [0.25, 0.3) is 0 Å². The van der Waals surface area contributed by atoms with E-state index in [1.54, 1.807) is 0 Å². The first-order chi connectivity index (χ1) is 7.63. The first-order valence-electron chi connectivity index (χ1n) is 5.67. The minimum atomic E-state index is 0.562. The number of hydrogen-bond donors (Lipinski definition) is 1. The van der Waals surface area contributed by atoms with E-state index >= 15 is 0 Å². The van der Waals surface area contributed by atoms with Crippen molar-refractivity contribution in [1.82, 2.24) is 10.2 Å². The van der Waals surface area contributed by atoms with Crippen molar-refractivity contribution in [3.63, 3.8) is 0 Å². The molecule has 90 valence electrons. The Balaban J connectivity index is 2.35. The van der Waals surface area contributed by atoms with Crippen molar-refractivity contribution >= 4 is 11.3 Å². The van der Waals surface area contributed by atoms with Crippen LogP contribution >= 0.6 is 11.3 Å². The summed E-state index contributed by atoms with van der Waals surface area (Å²) in [4.78, 5) is 3.82. The number of hydrogen-bond acceptors (Lipinski definition) is 3. The van der Waals surface area contributed by atoms with Crippen LogP contribution in [0.5, 0.6) is 0 Å². The van der Waals surface area contributed by atoms with Crippen molar-refractivity contribution in [3.05, 3.63) is 34.5 Å². The second-order valence-corrected chi connectivity index (χ2v) is 5.36. The first kappa shape index (κ1) is 13.4. The smallest absolute Gasteiger partial charge is 0.0202 e. The molecule has 1 atom stereocenters. The Labute approximate surface area is 103 Å². The summed E-state index contributed by atoms with van der Waals surface area (Å²) in [5, 5.41) is 5.27. The third-order valence-corrected chi connectivity index (χ3v) is 3.63. The fourth-order valence-electron chi connectivity index (χ4n) is 1.69. The summed E-state index contributed by atoms with van der Waals surface area (Å²) in [7, 11) is 4.12. The summed E-state index contributed by atoms with van der Waals surface area (Å²) in [6.07, 6.45) is 1.13. The lowest BCUT2D eigenvalue weighted by Gasteiger charge is -2.25. The minimum absolute atomic E-state index is 0.562. The van der Waals surface area contributed by atoms with Crippen LogP contribution in [0.1, 0.15) is 11.8 Å². The van der Waals surface area contributed by atoms with Crippen LogP contribution in [0.15, 0.2) is 29.7 Å². The van der Waals surface area contributed by atoms with Gasteiger partial charge in [0.25, 0.3) is 0 Å². The van der Waals surface area contributed by atoms with E-state index in [1.807, 2.05) is 18.4 Å². The Kier molecular flexibility index (Phi) is 5.74. The van der Waals surface area contributed by atoms with E-state index < -0.39 is 0 Å². The molecule has 1 unspecified atom stereocenters. The van der Waals surface area contributed by atoms with Gasteiger partial charge in [-0.1, -0.05) is 12.6 Å². The number of nitrogens with one attached hydrogen (secondary N) is 1. The molecule has 0 saturated heterocycles. The van der Waals surface area contributed by atoms with Crippen LogP contribution in [0.3, 0.4) is 0 Å². The second-order valence-electron chi connectivity index (χ2n) is 4.33. The Morgan fingerprint density at radius 2 is 2.38 bits per heavy atom. The standard InChI is InChI=1S/C13H22N2S/c1-11(9-14-3)10-15(4)12(2)8-13-6-5-7-16-13/h5-7,12,14H,1,8-10H2,2-4H3. The molecule has 0 amide bonds. The normalized spacial score (nSPS) is 13.0. The molecule has 0 aliphatic carbocycles. The molecule has 0 fully saturated rings. The molecular weight excluding hydrogens is 216 g/mol. The molecule has 0 aliphatic rings. The zero-order chi connectivity index (χ0) is 12.0. The Morgan fingerprint density at radius 1 is 1.62 bits per heavy atom. The zero-order valence-electron chi connectivity index (χ0n) is 10.5. The van der Waals surface area contributed by atoms with Crippen molar-refractivity contribution < 1.29 is 0 Å². The molecule has 1 aromatic heterocycles. The molecule has 1 aromatic rings. The van der Waals surface area contributed by atoms with Crippen molar-refractivity contribution in [2.45, 2.75) is 19.4 Å². The van der Waals surface area contributed by atoms with Crippen molar-refractivity contribution in [1.29, 1.82) is 0 Å². The second kappa shape index (κ2) is 6.84. The summed E-state index contributed by atoms with van der Waals surface area (Å²) in [5.74, 6) is 0. The largest absolute Gasteiger partial charge is 0.316 e. The highest BCUT2D eigenvalue weighted by Gasteiger charge is 2.11. The molecule has 2 nitrogen and oxygen atoms in total. The van der Waals surface area contributed by atoms with Crippen LogP contribution in [-0.2, 0) is 6.42 Å². The molecule has 0 radical (unpaired) electrons. The predicted octanol–water partition coefficient (Wildman–Crippen LogP) is 2.39. The van der Waals surface area contributed by atoms with Gasteiger partial charge in [-0.25, -0.2) is 0 Å². The molecule has 1 rings (SSSR count). The highest BCUT2D eigenvalue weighted by molar-refractivity contribution is 7.09. The fraction of sp³-hybridized carbons (Fsp3) is 0.538. The summed E-state index contributed by atoms with van der Waals surface area (Å²) in [5.41, 5.74) is 1.24. The summed E-state index contributed by atoms with van der Waals surface area (Å²) in [6.45, 7) is 8.20. The van der Waals surface area contributed by atoms with Crippen LogP contribution in [0, 0.1) is 0 Å². The average Bonchev–Trinajstić information content (AvgIpc) is 2.70. The monoisotopic (exact) mass is 238 g/mol. The molecule has 1 heterocycles. The topological polar surface area (TPSA) is 15.3 Å². The SMILES string of the molecule is C=C(CNC)CN(C)C(C)Cc1cccs1. The van der Waals surface area contributed by atoms with E-state index in [0.29, 0.717) is 6.04 Å². The van der Waals surface area contributed by atoms with Gasteiger partial charge >= 0.3 is 0 Å². The van der Waals surface area contributed by atoms with Crippen molar-refractivity contribution in [2.75, 3.05) is 27.2 Å². The van der Waals surface area contributed by atoms with Gasteiger partial charge in [0.15, 0.2) is 0 Å². The Hall–Kier alpha value is -0.640. The van der Waals surface area contributed by atoms with Gasteiger partial charge in [0.05, 0.1) is 0 Å². The van der Waals surface area contributed by atoms with E-state index in [2.05, 4.69) is 48.3 Å². The van der Waals surface area contributed by atoms with E-state index in [4.69, 9.17) is 0 Å². The predicted molar refractivity (Wildman–Crippen MR) is 73.2 cm³/mol. The van der Waals surface area contributed by atoms with Crippen LogP contribution in [0.4, 0.5) is 0 Å². The van der Waals surface area contributed by atoms with E-state index in [0.717, 1.165) is 19.5 Å². The Bertz CT molecular complexity index is 306. The van der Waals surface area contributed by atoms with Crippen molar-refractivity contribution in [2.24, 2.45) is 0 Å². The quantitative estimate of drug-likeness (QED) is 0.734. The number of nitrogens with zero attached hydrogens (tertiary/aromatic N) is 1. The lowest BCUT2D eigenvalue weighted by Crippen LogP contribution is -2.33. The molecule has 3 heteroatoms. The number of likely N-dealkylation sites (N-methyl/N-ethyl adjacent to an activating group) is 2. The van der Waals surface area contributed by atoms with Gasteiger partial charge in [0.1, 0.15) is 0 Å². The summed E-state index contributed by atoms with van der Waals surface area (Å²) in [6, 6.07) is 4.89. The first-order valence-corrected chi connectivity index (χ1v) is 6.55. The fourth-order valence-corrected chi connectivity index (χ4v) is 2.52. The molecule has 0 spiro atoms. The van der Waals surface area contributed by atoms with E-state index in [9.17, 15) is 0 Å². The Morgan fingerprint density at radius 3 is 2.94 bits per heavy atom. The molecule has 16 heavy (non-hydrogen) atoms. The summed E-state index contributed by atoms with van der Waals surface area (Å²) >= 11 is 1.84. The van der Waals surface area contributed by atoms with Crippen molar-refractivity contribution in [3.8, 4) is 0 Å². The molecule has 0 aromatic carbocycles. The van der Waals surface area contributed by atoms with Gasteiger partial charge in [0.2, 0.25) is 0 Å². The van der Waals surface area contributed by atoms with Gasteiger partial charge in [-0.15, -0.1) is 11.3 Å². The molecular formula is C13H22N2S. The molecule has 0 aliphatic heterocycles. The van der Waals surface area contributed by atoms with Gasteiger partial charge in [0, 0.05) is 24.0 Å². The van der Waals surface area contributed by atoms with Crippen LogP contribution in [-0.4, -0.2) is 38.1 Å². The number of thiophene rings is 1. The van der Waals surface area contributed by atoms with Crippen LogP contribution < -0.4 is 5.32 Å². The molecule has 1 N–H and O–H groups in total. The summed E-state index contributed by atoms with van der Waals surface area (Å²) < 4.78 is 0. The van der Waals surface area contributed by atoms with E-state index in [1.165, 1.54) is 10.5 Å². The maximum atomic E-state index is 4.06. The highest BCUT2D eigenvalue weighted by atomic mass is 32.1. The third kappa shape index (κ3) is 4.47. The average molecular weight is 238 g/mol. The maximum absolute atomic E-state index is 4.06. The number of rotatable bonds is 7. The van der Waals surface area contributed by atoms with Gasteiger partial charge in [-0.3, -0.25) is 4.90 Å². The lowest BCUT2D eigenvalue weighted by atomic mass is 10.1. The van der Waals surface area contributed by atoms with Gasteiger partial charge in [-0.2, -0.15) is 0 Å². The lowest BCUT2D eigenvalue weighted by molar-refractivity contribution is 0.276. The van der Waals surface area contributed by atoms with Crippen LogP contribution in [0.2, 0.25) is 0 Å².